The van der Waals surface area contributed by atoms with E-state index in [1.165, 1.54) is 24.3 Å². The Morgan fingerprint density at radius 1 is 0.815 bits per heavy atom. The minimum absolute atomic E-state index is 0.0801. The maximum atomic E-state index is 12.3. The van der Waals surface area contributed by atoms with Gasteiger partial charge >= 0.3 is 10.1 Å². The minimum Gasteiger partial charge on any atom is -0.504 e. The number of benzene rings is 3. The number of rotatable bonds is 4. The number of hydrogen-bond donors (Lipinski definition) is 3. The summed E-state index contributed by atoms with van der Waals surface area (Å²) in [7, 11) is -4.18. The second kappa shape index (κ2) is 6.37. The molecule has 7 heteroatoms. The van der Waals surface area contributed by atoms with Gasteiger partial charge in [-0.05, 0) is 36.4 Å². The zero-order valence-electron chi connectivity index (χ0n) is 14.0. The van der Waals surface area contributed by atoms with E-state index >= 15 is 0 Å². The van der Waals surface area contributed by atoms with Crippen LogP contribution in [0, 0.1) is 0 Å². The maximum Gasteiger partial charge on any atom is 0.339 e. The summed E-state index contributed by atoms with van der Waals surface area (Å²) in [4.78, 5) is 3.10. The molecule has 0 aliphatic heterocycles. The van der Waals surface area contributed by atoms with Crippen molar-refractivity contribution < 1.29 is 22.8 Å². The normalized spacial score (nSPS) is 11.6. The fourth-order valence-electron chi connectivity index (χ4n) is 2.81. The number of aromatic amines is 1. The molecule has 6 nitrogen and oxygen atoms in total. The van der Waals surface area contributed by atoms with Crippen molar-refractivity contribution in [2.45, 2.75) is 4.90 Å². The van der Waals surface area contributed by atoms with Gasteiger partial charge in [-0.1, -0.05) is 36.4 Å². The predicted molar refractivity (Wildman–Crippen MR) is 101 cm³/mol. The quantitative estimate of drug-likeness (QED) is 0.464. The van der Waals surface area contributed by atoms with Crippen molar-refractivity contribution in [1.82, 2.24) is 4.98 Å². The molecule has 0 fully saturated rings. The number of aromatic nitrogens is 1. The Morgan fingerprint density at radius 3 is 2.11 bits per heavy atom. The Bertz CT molecular complexity index is 1170. The van der Waals surface area contributed by atoms with E-state index in [4.69, 9.17) is 4.18 Å². The van der Waals surface area contributed by atoms with Crippen molar-refractivity contribution >= 4 is 21.0 Å². The molecule has 4 aromatic rings. The van der Waals surface area contributed by atoms with E-state index in [2.05, 4.69) is 4.98 Å². The number of hydrogen-bond acceptors (Lipinski definition) is 5. The van der Waals surface area contributed by atoms with E-state index in [9.17, 15) is 18.6 Å². The molecule has 3 N–H and O–H groups in total. The van der Waals surface area contributed by atoms with Gasteiger partial charge in [-0.3, -0.25) is 0 Å². The molecule has 0 amide bonds. The van der Waals surface area contributed by atoms with Crippen molar-refractivity contribution in [1.29, 1.82) is 0 Å². The highest BCUT2D eigenvalue weighted by molar-refractivity contribution is 7.87. The topological polar surface area (TPSA) is 99.6 Å². The smallest absolute Gasteiger partial charge is 0.339 e. The summed E-state index contributed by atoms with van der Waals surface area (Å²) >= 11 is 0. The fraction of sp³-hybridized carbons (Fsp3) is 0. The number of phenols is 2. The minimum atomic E-state index is -4.18. The van der Waals surface area contributed by atoms with Gasteiger partial charge in [0.2, 0.25) is 5.75 Å². The first-order chi connectivity index (χ1) is 12.9. The molecular formula is C20H15NO5S. The monoisotopic (exact) mass is 381 g/mol. The molecule has 0 atom stereocenters. The number of nitrogens with one attached hydrogen (secondary N) is 1. The summed E-state index contributed by atoms with van der Waals surface area (Å²) in [6, 6.07) is 19.7. The van der Waals surface area contributed by atoms with Gasteiger partial charge in [-0.25, -0.2) is 0 Å². The summed E-state index contributed by atoms with van der Waals surface area (Å²) in [5.74, 6) is -1.48. The zero-order chi connectivity index (χ0) is 19.0. The fourth-order valence-corrected chi connectivity index (χ4v) is 3.79. The van der Waals surface area contributed by atoms with E-state index < -0.39 is 27.4 Å². The van der Waals surface area contributed by atoms with Gasteiger partial charge in [0.05, 0.1) is 0 Å². The molecule has 0 aliphatic carbocycles. The van der Waals surface area contributed by atoms with Gasteiger partial charge in [-0.2, -0.15) is 8.42 Å². The summed E-state index contributed by atoms with van der Waals surface area (Å²) in [5, 5.41) is 21.5. The van der Waals surface area contributed by atoms with Crippen molar-refractivity contribution in [3.8, 4) is 28.5 Å². The first-order valence-electron chi connectivity index (χ1n) is 8.08. The Hall–Kier alpha value is -3.45. The summed E-state index contributed by atoms with van der Waals surface area (Å²) < 4.78 is 29.6. The Kier molecular flexibility index (Phi) is 4.01. The van der Waals surface area contributed by atoms with Gasteiger partial charge in [0.15, 0.2) is 11.5 Å². The van der Waals surface area contributed by atoms with E-state index in [1.54, 1.807) is 18.2 Å². The molecule has 0 spiro atoms. The molecule has 0 unspecified atom stereocenters. The van der Waals surface area contributed by atoms with Crippen LogP contribution in [0.15, 0.2) is 77.7 Å². The molecule has 1 heterocycles. The highest BCUT2D eigenvalue weighted by Gasteiger charge is 2.22. The molecule has 27 heavy (non-hydrogen) atoms. The summed E-state index contributed by atoms with van der Waals surface area (Å²) in [5.41, 5.74) is 2.06. The number of phenolic OH excluding ortho intramolecular Hbond substituents is 2. The van der Waals surface area contributed by atoms with Crippen LogP contribution in [0.4, 0.5) is 0 Å². The lowest BCUT2D eigenvalue weighted by atomic mass is 10.1. The molecule has 4 rings (SSSR count). The number of fused-ring (bicyclic) bond motifs is 1. The molecule has 0 aliphatic rings. The van der Waals surface area contributed by atoms with Crippen LogP contribution in [0.2, 0.25) is 0 Å². The Morgan fingerprint density at radius 2 is 1.44 bits per heavy atom. The highest BCUT2D eigenvalue weighted by atomic mass is 32.2. The third kappa shape index (κ3) is 3.20. The molecular weight excluding hydrogens is 366 g/mol. The van der Waals surface area contributed by atoms with Crippen LogP contribution in [0.3, 0.4) is 0 Å². The van der Waals surface area contributed by atoms with E-state index in [0.29, 0.717) is 11.3 Å². The third-order valence-electron chi connectivity index (χ3n) is 4.12. The lowest BCUT2D eigenvalue weighted by molar-refractivity contribution is 0.395. The maximum absolute atomic E-state index is 12.3. The SMILES string of the molecule is O=S(=O)(Oc1c(O)cc(-c2cc3ccccc3[nH]2)cc1O)c1ccccc1. The average Bonchev–Trinajstić information content (AvgIpc) is 3.09. The lowest BCUT2D eigenvalue weighted by Crippen LogP contribution is -2.09. The van der Waals surface area contributed by atoms with Gasteiger partial charge in [-0.15, -0.1) is 0 Å². The van der Waals surface area contributed by atoms with Crippen molar-refractivity contribution in [2.24, 2.45) is 0 Å². The molecule has 0 radical (unpaired) electrons. The van der Waals surface area contributed by atoms with Crippen molar-refractivity contribution in [2.75, 3.05) is 0 Å². The lowest BCUT2D eigenvalue weighted by Gasteiger charge is -2.11. The first-order valence-corrected chi connectivity index (χ1v) is 9.48. The summed E-state index contributed by atoms with van der Waals surface area (Å²) in [6.45, 7) is 0. The molecule has 136 valence electrons. The van der Waals surface area contributed by atoms with Crippen LogP contribution < -0.4 is 4.18 Å². The number of aromatic hydroxyl groups is 2. The molecule has 1 aromatic heterocycles. The van der Waals surface area contributed by atoms with Crippen LogP contribution in [0.25, 0.3) is 22.2 Å². The Labute approximate surface area is 155 Å². The predicted octanol–water partition coefficient (Wildman–Crippen LogP) is 4.01. The second-order valence-electron chi connectivity index (χ2n) is 5.96. The van der Waals surface area contributed by atoms with Crippen LogP contribution in [-0.4, -0.2) is 23.6 Å². The standard InChI is InChI=1S/C20H15NO5S/c22-18-11-14(17-10-13-6-4-5-9-16(13)21-17)12-19(23)20(18)26-27(24,25)15-7-2-1-3-8-15/h1-12,21-23H. The first kappa shape index (κ1) is 17.0. The average molecular weight is 381 g/mol. The highest BCUT2D eigenvalue weighted by Crippen LogP contribution is 2.41. The second-order valence-corrected chi connectivity index (χ2v) is 7.51. The van der Waals surface area contributed by atoms with Crippen LogP contribution in [0.5, 0.6) is 17.2 Å². The van der Waals surface area contributed by atoms with Gasteiger partial charge in [0, 0.05) is 22.2 Å². The van der Waals surface area contributed by atoms with Gasteiger partial charge in [0.25, 0.3) is 0 Å². The third-order valence-corrected chi connectivity index (χ3v) is 5.35. The van der Waals surface area contributed by atoms with Gasteiger partial charge < -0.3 is 19.4 Å². The van der Waals surface area contributed by atoms with Crippen LogP contribution in [-0.2, 0) is 10.1 Å². The van der Waals surface area contributed by atoms with Gasteiger partial charge in [0.1, 0.15) is 4.90 Å². The van der Waals surface area contributed by atoms with Crippen LogP contribution >= 0.6 is 0 Å². The van der Waals surface area contributed by atoms with E-state index in [-0.39, 0.29) is 4.90 Å². The number of H-pyrrole nitrogens is 1. The largest absolute Gasteiger partial charge is 0.504 e. The van der Waals surface area contributed by atoms with E-state index in [1.807, 2.05) is 30.3 Å². The van der Waals surface area contributed by atoms with Crippen molar-refractivity contribution in [3.05, 3.63) is 72.8 Å². The van der Waals surface area contributed by atoms with Crippen LogP contribution in [0.1, 0.15) is 0 Å². The number of para-hydroxylation sites is 1. The van der Waals surface area contributed by atoms with E-state index in [0.717, 1.165) is 10.9 Å². The van der Waals surface area contributed by atoms with Crippen molar-refractivity contribution in [3.63, 3.8) is 0 Å². The Balaban J connectivity index is 1.72. The summed E-state index contributed by atoms with van der Waals surface area (Å²) in [6.07, 6.45) is 0. The molecule has 0 bridgehead atoms. The molecule has 0 saturated heterocycles. The zero-order valence-corrected chi connectivity index (χ0v) is 14.8. The molecule has 0 saturated carbocycles. The molecule has 3 aromatic carbocycles.